The number of carbonyl (C=O) groups excluding carboxylic acids is 2. The zero-order valence-electron chi connectivity index (χ0n) is 61.9. The third-order valence-electron chi connectivity index (χ3n) is 19.7. The number of ether oxygens (including phenoxy) is 1. The summed E-state index contributed by atoms with van der Waals surface area (Å²) < 4.78 is 5.51. The summed E-state index contributed by atoms with van der Waals surface area (Å²) in [7, 11) is 0. The van der Waals surface area contributed by atoms with Gasteiger partial charge in [-0.2, -0.15) is 0 Å². The Morgan fingerprint density at radius 2 is 0.549 bits per heavy atom. The van der Waals surface area contributed by atoms with Crippen molar-refractivity contribution in [2.75, 3.05) is 13.2 Å². The number of hydrogen-bond donors (Lipinski definition) is 3. The van der Waals surface area contributed by atoms with Gasteiger partial charge >= 0.3 is 5.97 Å². The standard InChI is InChI=1S/C85H163NO5/c1-3-5-7-9-11-13-15-17-19-21-47-51-55-59-63-67-71-75-79-85(90)91-80-76-72-68-64-60-56-52-48-44-42-40-38-36-34-32-30-28-26-24-22-23-25-27-29-31-33-35-37-39-41-43-46-50-54-58-62-66-70-74-78-84(89)86-82(81-87)83(88)77-73-69-65-61-57-53-49-45-20-18-16-14-12-10-8-6-4-2/h13,15,19,21-23,82-83,87-88H,3-12,14,16-18,20,24-81H2,1-2H3,(H,86,89)/b15-13-,21-19-,23-22-. The summed E-state index contributed by atoms with van der Waals surface area (Å²) in [5, 5.41) is 23.4. The molecule has 0 radical (unpaired) electrons. The van der Waals surface area contributed by atoms with Crippen LogP contribution in [-0.2, 0) is 14.3 Å². The van der Waals surface area contributed by atoms with Crippen LogP contribution in [0.3, 0.4) is 0 Å². The van der Waals surface area contributed by atoms with E-state index in [0.29, 0.717) is 25.9 Å². The average Bonchev–Trinajstić information content (AvgIpc) is 3.73. The van der Waals surface area contributed by atoms with Crippen LogP contribution < -0.4 is 5.32 Å². The van der Waals surface area contributed by atoms with E-state index < -0.39 is 12.1 Å². The molecule has 3 N–H and O–H groups in total. The normalized spacial score (nSPS) is 12.6. The first-order valence-electron chi connectivity index (χ1n) is 41.7. The quantitative estimate of drug-likeness (QED) is 0.0320. The first-order valence-corrected chi connectivity index (χ1v) is 41.7. The van der Waals surface area contributed by atoms with Gasteiger partial charge in [-0.1, -0.05) is 410 Å². The molecule has 0 aromatic carbocycles. The number of aliphatic hydroxyl groups excluding tert-OH is 2. The molecule has 0 bridgehead atoms. The molecule has 0 saturated carbocycles. The summed E-state index contributed by atoms with van der Waals surface area (Å²) in [6.07, 6.45) is 105. The van der Waals surface area contributed by atoms with Gasteiger partial charge in [-0.25, -0.2) is 0 Å². The van der Waals surface area contributed by atoms with Crippen LogP contribution in [0.15, 0.2) is 36.5 Å². The zero-order chi connectivity index (χ0) is 65.6. The second kappa shape index (κ2) is 80.5. The molecule has 0 aliphatic rings. The summed E-state index contributed by atoms with van der Waals surface area (Å²) in [4.78, 5) is 24.7. The van der Waals surface area contributed by atoms with E-state index in [9.17, 15) is 19.8 Å². The number of amides is 1. The van der Waals surface area contributed by atoms with Crippen LogP contribution in [0.5, 0.6) is 0 Å². The fourth-order valence-electron chi connectivity index (χ4n) is 13.3. The lowest BCUT2D eigenvalue weighted by atomic mass is 10.0. The highest BCUT2D eigenvalue weighted by molar-refractivity contribution is 5.76. The Hall–Kier alpha value is -1.92. The molecule has 538 valence electrons. The first kappa shape index (κ1) is 89.1. The van der Waals surface area contributed by atoms with Crippen molar-refractivity contribution in [3.05, 3.63) is 36.5 Å². The average molecular weight is 1280 g/mol. The predicted molar refractivity (Wildman–Crippen MR) is 403 cm³/mol. The monoisotopic (exact) mass is 1280 g/mol. The second-order valence-electron chi connectivity index (χ2n) is 28.8. The fraction of sp³-hybridized carbons (Fsp3) is 0.906. The van der Waals surface area contributed by atoms with Crippen molar-refractivity contribution in [3.63, 3.8) is 0 Å². The Balaban J connectivity index is 3.32. The van der Waals surface area contributed by atoms with Crippen molar-refractivity contribution >= 4 is 11.9 Å². The number of unbranched alkanes of at least 4 members (excludes halogenated alkanes) is 62. The van der Waals surface area contributed by atoms with E-state index in [1.165, 1.54) is 385 Å². The van der Waals surface area contributed by atoms with Crippen molar-refractivity contribution < 1.29 is 24.5 Å². The van der Waals surface area contributed by atoms with Gasteiger partial charge in [0.2, 0.25) is 5.91 Å². The van der Waals surface area contributed by atoms with E-state index in [0.717, 1.165) is 51.4 Å². The molecule has 0 fully saturated rings. The lowest BCUT2D eigenvalue weighted by molar-refractivity contribution is -0.143. The summed E-state index contributed by atoms with van der Waals surface area (Å²) in [5.74, 6) is -0.0105. The van der Waals surface area contributed by atoms with E-state index in [4.69, 9.17) is 4.74 Å². The number of nitrogens with one attached hydrogen (secondary N) is 1. The van der Waals surface area contributed by atoms with Gasteiger partial charge in [-0.05, 0) is 83.5 Å². The van der Waals surface area contributed by atoms with Gasteiger partial charge in [0.25, 0.3) is 0 Å². The fourth-order valence-corrected chi connectivity index (χ4v) is 13.3. The van der Waals surface area contributed by atoms with E-state index in [1.54, 1.807) is 0 Å². The lowest BCUT2D eigenvalue weighted by Gasteiger charge is -2.22. The number of allylic oxidation sites excluding steroid dienone is 6. The molecule has 2 atom stereocenters. The SMILES string of the molecule is CCCCCC/C=C\C/C=C\CCCCCCCCCC(=O)OCCCCCCCCCCCCCCCCCCCC/C=C\CCCCCCCCCCCCCCCCCCCC(=O)NC(CO)C(O)CCCCCCCCCCCCCCCCCCC. The molecule has 0 aliphatic heterocycles. The van der Waals surface area contributed by atoms with E-state index in [1.807, 2.05) is 0 Å². The smallest absolute Gasteiger partial charge is 0.305 e. The van der Waals surface area contributed by atoms with Crippen LogP contribution in [0.1, 0.15) is 470 Å². The highest BCUT2D eigenvalue weighted by Crippen LogP contribution is 2.20. The van der Waals surface area contributed by atoms with Crippen molar-refractivity contribution in [3.8, 4) is 0 Å². The largest absolute Gasteiger partial charge is 0.466 e. The van der Waals surface area contributed by atoms with Crippen LogP contribution in [0.2, 0.25) is 0 Å². The number of carbonyl (C=O) groups is 2. The Kier molecular flexibility index (Phi) is 78.8. The maximum atomic E-state index is 12.5. The maximum absolute atomic E-state index is 12.5. The number of hydrogen-bond acceptors (Lipinski definition) is 5. The minimum Gasteiger partial charge on any atom is -0.466 e. The van der Waals surface area contributed by atoms with Crippen LogP contribution >= 0.6 is 0 Å². The molecule has 2 unspecified atom stereocenters. The van der Waals surface area contributed by atoms with Crippen LogP contribution in [0, 0.1) is 0 Å². The third-order valence-corrected chi connectivity index (χ3v) is 19.7. The van der Waals surface area contributed by atoms with Gasteiger partial charge < -0.3 is 20.3 Å². The summed E-state index contributed by atoms with van der Waals surface area (Å²) in [6.45, 7) is 4.98. The Morgan fingerprint density at radius 1 is 0.308 bits per heavy atom. The van der Waals surface area contributed by atoms with Crippen LogP contribution in [0.25, 0.3) is 0 Å². The molecule has 0 spiro atoms. The van der Waals surface area contributed by atoms with Gasteiger partial charge in [0.15, 0.2) is 0 Å². The number of rotatable bonds is 79. The number of esters is 1. The molecular weight excluding hydrogens is 1110 g/mol. The highest BCUT2D eigenvalue weighted by Gasteiger charge is 2.20. The Bertz CT molecular complexity index is 1470. The highest BCUT2D eigenvalue weighted by atomic mass is 16.5. The number of aliphatic hydroxyl groups is 2. The molecule has 6 nitrogen and oxygen atoms in total. The topological polar surface area (TPSA) is 95.9 Å². The molecule has 6 heteroatoms. The van der Waals surface area contributed by atoms with Crippen molar-refractivity contribution in [2.24, 2.45) is 0 Å². The summed E-state index contributed by atoms with van der Waals surface area (Å²) >= 11 is 0. The summed E-state index contributed by atoms with van der Waals surface area (Å²) in [5.41, 5.74) is 0. The molecule has 0 saturated heterocycles. The molecular formula is C85H163NO5. The molecule has 0 heterocycles. The summed E-state index contributed by atoms with van der Waals surface area (Å²) in [6, 6.07) is -0.538. The van der Waals surface area contributed by atoms with Crippen molar-refractivity contribution in [1.82, 2.24) is 5.32 Å². The van der Waals surface area contributed by atoms with Gasteiger partial charge in [0, 0.05) is 12.8 Å². The molecule has 1 amide bonds. The van der Waals surface area contributed by atoms with Crippen LogP contribution in [-0.4, -0.2) is 47.4 Å². The third kappa shape index (κ3) is 77.0. The van der Waals surface area contributed by atoms with Crippen LogP contribution in [0.4, 0.5) is 0 Å². The molecule has 91 heavy (non-hydrogen) atoms. The predicted octanol–water partition coefficient (Wildman–Crippen LogP) is 27.8. The first-order chi connectivity index (χ1) is 45.0. The molecule has 0 aromatic heterocycles. The minimum atomic E-state index is -0.662. The molecule has 0 aromatic rings. The zero-order valence-corrected chi connectivity index (χ0v) is 61.9. The maximum Gasteiger partial charge on any atom is 0.305 e. The van der Waals surface area contributed by atoms with Gasteiger partial charge in [-0.15, -0.1) is 0 Å². The van der Waals surface area contributed by atoms with Crippen molar-refractivity contribution in [2.45, 2.75) is 482 Å². The Labute approximate surface area is 570 Å². The minimum absolute atomic E-state index is 0.0159. The second-order valence-corrected chi connectivity index (χ2v) is 28.8. The Morgan fingerprint density at radius 3 is 0.857 bits per heavy atom. The van der Waals surface area contributed by atoms with Crippen molar-refractivity contribution in [1.29, 1.82) is 0 Å². The molecule has 0 aliphatic carbocycles. The van der Waals surface area contributed by atoms with E-state index >= 15 is 0 Å². The lowest BCUT2D eigenvalue weighted by Crippen LogP contribution is -2.45. The van der Waals surface area contributed by atoms with E-state index in [-0.39, 0.29) is 18.5 Å². The van der Waals surface area contributed by atoms with Gasteiger partial charge in [-0.3, -0.25) is 9.59 Å². The van der Waals surface area contributed by atoms with Gasteiger partial charge in [0.05, 0.1) is 25.4 Å². The molecule has 0 rings (SSSR count). The van der Waals surface area contributed by atoms with Gasteiger partial charge in [0.1, 0.15) is 0 Å². The van der Waals surface area contributed by atoms with E-state index in [2.05, 4.69) is 55.6 Å².